The highest BCUT2D eigenvalue weighted by atomic mass is 16.5. The first-order chi connectivity index (χ1) is 11.5. The SMILES string of the molecule is Cc1ccccc1C(C)NC(=O)NC1COc2c1ccc(C)c2C. The molecule has 2 aromatic rings. The zero-order valence-electron chi connectivity index (χ0n) is 14.6. The van der Waals surface area contributed by atoms with Gasteiger partial charge in [-0.2, -0.15) is 0 Å². The lowest BCUT2D eigenvalue weighted by Gasteiger charge is -2.19. The number of benzene rings is 2. The van der Waals surface area contributed by atoms with Gasteiger partial charge in [-0.3, -0.25) is 0 Å². The Kier molecular flexibility index (Phi) is 4.47. The number of carbonyl (C=O) groups is 1. The van der Waals surface area contributed by atoms with Crippen LogP contribution in [-0.2, 0) is 0 Å². The van der Waals surface area contributed by atoms with E-state index < -0.39 is 0 Å². The minimum Gasteiger partial charge on any atom is -0.490 e. The summed E-state index contributed by atoms with van der Waals surface area (Å²) in [6.07, 6.45) is 0. The maximum Gasteiger partial charge on any atom is 0.315 e. The van der Waals surface area contributed by atoms with Crippen molar-refractivity contribution in [1.82, 2.24) is 10.6 Å². The average molecular weight is 324 g/mol. The number of ether oxygens (including phenoxy) is 1. The Bertz CT molecular complexity index is 770. The first-order valence-electron chi connectivity index (χ1n) is 8.33. The number of fused-ring (bicyclic) bond motifs is 1. The van der Waals surface area contributed by atoms with Gasteiger partial charge in [-0.25, -0.2) is 4.79 Å². The Morgan fingerprint density at radius 1 is 1.12 bits per heavy atom. The van der Waals surface area contributed by atoms with Gasteiger partial charge in [0.25, 0.3) is 0 Å². The summed E-state index contributed by atoms with van der Waals surface area (Å²) in [5.41, 5.74) is 5.70. The van der Waals surface area contributed by atoms with Crippen molar-refractivity contribution in [3.63, 3.8) is 0 Å². The molecule has 4 nitrogen and oxygen atoms in total. The van der Waals surface area contributed by atoms with E-state index in [0.29, 0.717) is 6.61 Å². The zero-order chi connectivity index (χ0) is 17.3. The van der Waals surface area contributed by atoms with Crippen LogP contribution in [0, 0.1) is 20.8 Å². The number of rotatable bonds is 3. The third-order valence-corrected chi connectivity index (χ3v) is 4.78. The Morgan fingerprint density at radius 3 is 2.62 bits per heavy atom. The molecule has 0 radical (unpaired) electrons. The lowest BCUT2D eigenvalue weighted by Crippen LogP contribution is -2.39. The van der Waals surface area contributed by atoms with Crippen molar-refractivity contribution in [3.05, 3.63) is 64.2 Å². The second kappa shape index (κ2) is 6.56. The third-order valence-electron chi connectivity index (χ3n) is 4.78. The molecule has 2 unspecified atom stereocenters. The average Bonchev–Trinajstić information content (AvgIpc) is 2.94. The van der Waals surface area contributed by atoms with E-state index in [0.717, 1.165) is 22.4 Å². The van der Waals surface area contributed by atoms with Gasteiger partial charge in [-0.05, 0) is 49.9 Å². The van der Waals surface area contributed by atoms with E-state index in [1.807, 2.05) is 31.2 Å². The molecular formula is C20H24N2O2. The van der Waals surface area contributed by atoms with Gasteiger partial charge in [0.15, 0.2) is 0 Å². The predicted octanol–water partition coefficient (Wildman–Crippen LogP) is 4.11. The van der Waals surface area contributed by atoms with Crippen LogP contribution in [0.4, 0.5) is 4.79 Å². The highest BCUT2D eigenvalue weighted by Gasteiger charge is 2.27. The molecule has 24 heavy (non-hydrogen) atoms. The molecule has 2 atom stereocenters. The van der Waals surface area contributed by atoms with Crippen molar-refractivity contribution < 1.29 is 9.53 Å². The molecule has 0 aliphatic carbocycles. The van der Waals surface area contributed by atoms with Crippen LogP contribution >= 0.6 is 0 Å². The van der Waals surface area contributed by atoms with Crippen molar-refractivity contribution in [3.8, 4) is 5.75 Å². The van der Waals surface area contributed by atoms with Gasteiger partial charge in [-0.15, -0.1) is 0 Å². The van der Waals surface area contributed by atoms with Gasteiger partial charge in [-0.1, -0.05) is 36.4 Å². The molecule has 0 aromatic heterocycles. The molecule has 1 aliphatic rings. The summed E-state index contributed by atoms with van der Waals surface area (Å²) in [6.45, 7) is 8.64. The summed E-state index contributed by atoms with van der Waals surface area (Å²) in [5.74, 6) is 0.909. The third kappa shape index (κ3) is 3.09. The molecule has 0 spiro atoms. The van der Waals surface area contributed by atoms with Crippen LogP contribution in [0.25, 0.3) is 0 Å². The van der Waals surface area contributed by atoms with Gasteiger partial charge in [0.1, 0.15) is 12.4 Å². The number of amides is 2. The van der Waals surface area contributed by atoms with Crippen molar-refractivity contribution in [2.24, 2.45) is 0 Å². The van der Waals surface area contributed by atoms with Crippen molar-refractivity contribution in [1.29, 1.82) is 0 Å². The molecule has 4 heteroatoms. The number of hydrogen-bond acceptors (Lipinski definition) is 2. The van der Waals surface area contributed by atoms with E-state index >= 15 is 0 Å². The number of urea groups is 1. The topological polar surface area (TPSA) is 50.4 Å². The second-order valence-corrected chi connectivity index (χ2v) is 6.49. The van der Waals surface area contributed by atoms with Gasteiger partial charge in [0, 0.05) is 5.56 Å². The fourth-order valence-electron chi connectivity index (χ4n) is 3.20. The highest BCUT2D eigenvalue weighted by Crippen LogP contribution is 2.36. The van der Waals surface area contributed by atoms with E-state index in [1.54, 1.807) is 0 Å². The van der Waals surface area contributed by atoms with Crippen LogP contribution in [0.2, 0.25) is 0 Å². The Morgan fingerprint density at radius 2 is 1.88 bits per heavy atom. The molecule has 0 saturated carbocycles. The van der Waals surface area contributed by atoms with Gasteiger partial charge in [0.05, 0.1) is 12.1 Å². The molecule has 0 saturated heterocycles. The fourth-order valence-corrected chi connectivity index (χ4v) is 3.20. The molecule has 2 amide bonds. The maximum atomic E-state index is 12.4. The molecule has 3 rings (SSSR count). The summed E-state index contributed by atoms with van der Waals surface area (Å²) in [4.78, 5) is 12.4. The minimum atomic E-state index is -0.176. The molecule has 2 aromatic carbocycles. The Balaban J connectivity index is 1.67. The van der Waals surface area contributed by atoms with E-state index in [9.17, 15) is 4.79 Å². The lowest BCUT2D eigenvalue weighted by atomic mass is 10.0. The van der Waals surface area contributed by atoms with Crippen LogP contribution in [0.15, 0.2) is 36.4 Å². The van der Waals surface area contributed by atoms with E-state index in [2.05, 4.69) is 43.5 Å². The number of carbonyl (C=O) groups excluding carboxylic acids is 1. The first kappa shape index (κ1) is 16.4. The largest absolute Gasteiger partial charge is 0.490 e. The Labute approximate surface area is 143 Å². The molecule has 1 aliphatic heterocycles. The smallest absolute Gasteiger partial charge is 0.315 e. The van der Waals surface area contributed by atoms with Crippen molar-refractivity contribution in [2.75, 3.05) is 6.61 Å². The summed E-state index contributed by atoms with van der Waals surface area (Å²) in [6, 6.07) is 11.9. The normalized spacial score (nSPS) is 16.9. The number of aryl methyl sites for hydroxylation is 2. The van der Waals surface area contributed by atoms with Crippen LogP contribution in [0.3, 0.4) is 0 Å². The molecule has 0 fully saturated rings. The predicted molar refractivity (Wildman–Crippen MR) is 95.4 cm³/mol. The summed E-state index contributed by atoms with van der Waals surface area (Å²) in [5, 5.41) is 6.04. The summed E-state index contributed by atoms with van der Waals surface area (Å²) >= 11 is 0. The van der Waals surface area contributed by atoms with Crippen LogP contribution in [0.5, 0.6) is 5.75 Å². The molecule has 126 valence electrons. The van der Waals surface area contributed by atoms with Crippen LogP contribution < -0.4 is 15.4 Å². The quantitative estimate of drug-likeness (QED) is 0.893. The van der Waals surface area contributed by atoms with E-state index in [1.165, 1.54) is 11.1 Å². The Hall–Kier alpha value is -2.49. The second-order valence-electron chi connectivity index (χ2n) is 6.49. The number of hydrogen-bond donors (Lipinski definition) is 2. The van der Waals surface area contributed by atoms with Gasteiger partial charge >= 0.3 is 6.03 Å². The van der Waals surface area contributed by atoms with Crippen LogP contribution in [-0.4, -0.2) is 12.6 Å². The lowest BCUT2D eigenvalue weighted by molar-refractivity contribution is 0.229. The fraction of sp³-hybridized carbons (Fsp3) is 0.350. The zero-order valence-corrected chi connectivity index (χ0v) is 14.6. The molecule has 1 heterocycles. The highest BCUT2D eigenvalue weighted by molar-refractivity contribution is 5.75. The molecular weight excluding hydrogens is 300 g/mol. The van der Waals surface area contributed by atoms with E-state index in [-0.39, 0.29) is 18.1 Å². The summed E-state index contributed by atoms with van der Waals surface area (Å²) in [7, 11) is 0. The van der Waals surface area contributed by atoms with Gasteiger partial charge < -0.3 is 15.4 Å². The van der Waals surface area contributed by atoms with E-state index in [4.69, 9.17) is 4.74 Å². The van der Waals surface area contributed by atoms with Crippen molar-refractivity contribution >= 4 is 6.03 Å². The maximum absolute atomic E-state index is 12.4. The molecule has 2 N–H and O–H groups in total. The van der Waals surface area contributed by atoms with Crippen LogP contribution in [0.1, 0.15) is 46.8 Å². The first-order valence-corrected chi connectivity index (χ1v) is 8.33. The monoisotopic (exact) mass is 324 g/mol. The number of nitrogens with one attached hydrogen (secondary N) is 2. The molecule has 0 bridgehead atoms. The summed E-state index contributed by atoms with van der Waals surface area (Å²) < 4.78 is 5.79. The standard InChI is InChI=1S/C20H24N2O2/c1-12-9-10-17-18(11-24-19(17)14(12)3)22-20(23)21-15(4)16-8-6-5-7-13(16)2/h5-10,15,18H,11H2,1-4H3,(H2,21,22,23). The van der Waals surface area contributed by atoms with Crippen molar-refractivity contribution in [2.45, 2.75) is 39.8 Å². The minimum absolute atomic E-state index is 0.0484. The van der Waals surface area contributed by atoms with Gasteiger partial charge in [0.2, 0.25) is 0 Å².